The van der Waals surface area contributed by atoms with Crippen molar-refractivity contribution in [3.8, 4) is 0 Å². The van der Waals surface area contributed by atoms with Crippen LogP contribution in [0.3, 0.4) is 0 Å². The number of fused-ring (bicyclic) bond motifs is 1. The van der Waals surface area contributed by atoms with Crippen LogP contribution in [0.25, 0.3) is 0 Å². The second-order valence-electron chi connectivity index (χ2n) is 10.3. The third-order valence-corrected chi connectivity index (χ3v) is 8.41. The lowest BCUT2D eigenvalue weighted by Crippen LogP contribution is -2.53. The molecule has 3 heteroatoms. The molecule has 0 aromatic heterocycles. The Balaban J connectivity index is 1.34. The molecule has 2 aromatic rings. The molecule has 1 N–H and O–H groups in total. The van der Waals surface area contributed by atoms with Crippen LogP contribution in [0.2, 0.25) is 0 Å². The van der Waals surface area contributed by atoms with Crippen LogP contribution in [-0.2, 0) is 5.54 Å². The first-order valence-electron chi connectivity index (χ1n) is 13.3. The predicted molar refractivity (Wildman–Crippen MR) is 136 cm³/mol. The van der Waals surface area contributed by atoms with E-state index in [0.29, 0.717) is 6.04 Å². The SMILES string of the molecule is c1ccc(C2(N3CCC(N4CNc5ccccc54)CC3)CCCCCCCCCC2)cc1. The molecule has 2 aliphatic heterocycles. The molecule has 32 heavy (non-hydrogen) atoms. The van der Waals surface area contributed by atoms with Gasteiger partial charge in [-0.25, -0.2) is 0 Å². The van der Waals surface area contributed by atoms with Crippen LogP contribution in [0.5, 0.6) is 0 Å². The van der Waals surface area contributed by atoms with Gasteiger partial charge in [0, 0.05) is 24.7 Å². The lowest BCUT2D eigenvalue weighted by atomic mass is 9.77. The van der Waals surface area contributed by atoms with Crippen LogP contribution in [0, 0.1) is 0 Å². The van der Waals surface area contributed by atoms with Crippen LogP contribution in [0.1, 0.15) is 82.6 Å². The fourth-order valence-electron chi connectivity index (χ4n) is 6.62. The maximum absolute atomic E-state index is 3.60. The minimum atomic E-state index is 0.234. The minimum absolute atomic E-state index is 0.234. The molecule has 172 valence electrons. The molecule has 1 saturated heterocycles. The summed E-state index contributed by atoms with van der Waals surface area (Å²) in [6, 6.07) is 21.0. The highest BCUT2D eigenvalue weighted by molar-refractivity contribution is 5.74. The average molecular weight is 432 g/mol. The van der Waals surface area contributed by atoms with E-state index in [1.54, 1.807) is 5.56 Å². The second-order valence-corrected chi connectivity index (χ2v) is 10.3. The van der Waals surface area contributed by atoms with Crippen molar-refractivity contribution >= 4 is 11.4 Å². The molecule has 1 saturated carbocycles. The second kappa shape index (κ2) is 10.3. The van der Waals surface area contributed by atoms with Gasteiger partial charge in [-0.15, -0.1) is 0 Å². The number of anilines is 2. The van der Waals surface area contributed by atoms with Crippen molar-refractivity contribution in [3.63, 3.8) is 0 Å². The fourth-order valence-corrected chi connectivity index (χ4v) is 6.62. The molecule has 2 heterocycles. The van der Waals surface area contributed by atoms with Gasteiger partial charge < -0.3 is 10.2 Å². The Hall–Kier alpha value is -2.00. The van der Waals surface area contributed by atoms with E-state index in [4.69, 9.17) is 0 Å². The van der Waals surface area contributed by atoms with Crippen LogP contribution in [0.4, 0.5) is 11.4 Å². The molecule has 0 bridgehead atoms. The van der Waals surface area contributed by atoms with E-state index in [0.717, 1.165) is 6.67 Å². The van der Waals surface area contributed by atoms with Gasteiger partial charge in [0.1, 0.15) is 0 Å². The topological polar surface area (TPSA) is 18.5 Å². The highest BCUT2D eigenvalue weighted by Crippen LogP contribution is 2.42. The number of nitrogens with zero attached hydrogens (tertiary/aromatic N) is 2. The van der Waals surface area contributed by atoms with Gasteiger partial charge in [0.05, 0.1) is 18.0 Å². The van der Waals surface area contributed by atoms with E-state index in [2.05, 4.69) is 69.7 Å². The van der Waals surface area contributed by atoms with E-state index in [9.17, 15) is 0 Å². The van der Waals surface area contributed by atoms with E-state index < -0.39 is 0 Å². The first-order valence-corrected chi connectivity index (χ1v) is 13.3. The molecule has 2 aromatic carbocycles. The smallest absolute Gasteiger partial charge is 0.0880 e. The van der Waals surface area contributed by atoms with Gasteiger partial charge in [0.15, 0.2) is 0 Å². The highest BCUT2D eigenvalue weighted by atomic mass is 15.3. The maximum Gasteiger partial charge on any atom is 0.0880 e. The van der Waals surface area contributed by atoms with Crippen molar-refractivity contribution in [1.82, 2.24) is 4.90 Å². The number of hydrogen-bond acceptors (Lipinski definition) is 3. The molecular formula is C29H41N3. The molecule has 0 unspecified atom stereocenters. The molecule has 1 aliphatic carbocycles. The molecule has 2 fully saturated rings. The van der Waals surface area contributed by atoms with Crippen molar-refractivity contribution < 1.29 is 0 Å². The zero-order valence-corrected chi connectivity index (χ0v) is 19.8. The Labute approximate surface area is 195 Å². The normalized spacial score (nSPS) is 23.2. The average Bonchev–Trinajstić information content (AvgIpc) is 3.26. The summed E-state index contributed by atoms with van der Waals surface area (Å²) in [6.07, 6.45) is 16.5. The number of para-hydroxylation sites is 2. The summed E-state index contributed by atoms with van der Waals surface area (Å²) in [7, 11) is 0. The summed E-state index contributed by atoms with van der Waals surface area (Å²) in [5, 5.41) is 3.60. The summed E-state index contributed by atoms with van der Waals surface area (Å²) in [6.45, 7) is 3.41. The van der Waals surface area contributed by atoms with Crippen molar-refractivity contribution in [1.29, 1.82) is 0 Å². The first-order chi connectivity index (χ1) is 15.9. The van der Waals surface area contributed by atoms with Gasteiger partial charge >= 0.3 is 0 Å². The summed E-state index contributed by atoms with van der Waals surface area (Å²) in [5.74, 6) is 0. The van der Waals surface area contributed by atoms with E-state index >= 15 is 0 Å². The van der Waals surface area contributed by atoms with Gasteiger partial charge in [-0.05, 0) is 43.4 Å². The van der Waals surface area contributed by atoms with Gasteiger partial charge in [-0.1, -0.05) is 93.8 Å². The van der Waals surface area contributed by atoms with Crippen LogP contribution >= 0.6 is 0 Å². The molecule has 0 atom stereocenters. The lowest BCUT2D eigenvalue weighted by Gasteiger charge is -2.49. The monoisotopic (exact) mass is 431 g/mol. The number of likely N-dealkylation sites (tertiary alicyclic amines) is 1. The molecule has 5 rings (SSSR count). The van der Waals surface area contributed by atoms with E-state index in [-0.39, 0.29) is 5.54 Å². The fraction of sp³-hybridized carbons (Fsp3) is 0.586. The lowest BCUT2D eigenvalue weighted by molar-refractivity contribution is 0.0375. The zero-order valence-electron chi connectivity index (χ0n) is 19.8. The minimum Gasteiger partial charge on any atom is -0.366 e. The Kier molecular flexibility index (Phi) is 7.02. The molecule has 3 aliphatic rings. The number of rotatable bonds is 3. The number of nitrogens with one attached hydrogen (secondary N) is 1. The van der Waals surface area contributed by atoms with Crippen molar-refractivity contribution in [2.45, 2.75) is 88.6 Å². The molecule has 0 amide bonds. The van der Waals surface area contributed by atoms with E-state index in [1.807, 2.05) is 0 Å². The molecule has 0 spiro atoms. The summed E-state index contributed by atoms with van der Waals surface area (Å²) in [4.78, 5) is 5.53. The third-order valence-electron chi connectivity index (χ3n) is 8.41. The summed E-state index contributed by atoms with van der Waals surface area (Å²) >= 11 is 0. The van der Waals surface area contributed by atoms with Crippen LogP contribution in [-0.4, -0.2) is 30.7 Å². The van der Waals surface area contributed by atoms with Crippen LogP contribution in [0.15, 0.2) is 54.6 Å². The largest absolute Gasteiger partial charge is 0.366 e. The molecule has 0 radical (unpaired) electrons. The highest BCUT2D eigenvalue weighted by Gasteiger charge is 2.40. The van der Waals surface area contributed by atoms with Gasteiger partial charge in [0.2, 0.25) is 0 Å². The molecular weight excluding hydrogens is 390 g/mol. The van der Waals surface area contributed by atoms with Crippen molar-refractivity contribution in [2.75, 3.05) is 30.0 Å². The predicted octanol–water partition coefficient (Wildman–Crippen LogP) is 7.15. The van der Waals surface area contributed by atoms with E-state index in [1.165, 1.54) is 102 Å². The Morgan fingerprint density at radius 3 is 1.97 bits per heavy atom. The molecule has 3 nitrogen and oxygen atoms in total. The summed E-state index contributed by atoms with van der Waals surface area (Å²) < 4.78 is 0. The van der Waals surface area contributed by atoms with Crippen molar-refractivity contribution in [3.05, 3.63) is 60.2 Å². The van der Waals surface area contributed by atoms with Crippen molar-refractivity contribution in [2.24, 2.45) is 0 Å². The zero-order chi connectivity index (χ0) is 21.6. The van der Waals surface area contributed by atoms with Gasteiger partial charge in [0.25, 0.3) is 0 Å². The van der Waals surface area contributed by atoms with Crippen LogP contribution < -0.4 is 10.2 Å². The van der Waals surface area contributed by atoms with Gasteiger partial charge in [-0.2, -0.15) is 0 Å². The Bertz CT molecular complexity index is 828. The number of hydrogen-bond donors (Lipinski definition) is 1. The maximum atomic E-state index is 3.60. The Morgan fingerprint density at radius 2 is 1.28 bits per heavy atom. The number of piperidine rings is 1. The first kappa shape index (κ1) is 21.8. The standard InChI is InChI=1S/C29H41N3/c1-2-4-6-13-21-29(20-12-5-3-1,25-14-8-7-9-15-25)31-22-18-26(19-23-31)32-24-30-27-16-10-11-17-28(27)32/h7-11,14-17,26,30H,1-6,12-13,18-24H2. The Morgan fingerprint density at radius 1 is 0.688 bits per heavy atom. The quantitative estimate of drug-likeness (QED) is 0.556. The third kappa shape index (κ3) is 4.55. The summed E-state index contributed by atoms with van der Waals surface area (Å²) in [5.41, 5.74) is 4.52. The number of benzene rings is 2. The van der Waals surface area contributed by atoms with Gasteiger partial charge in [-0.3, -0.25) is 4.90 Å².